The monoisotopic (exact) mass is 356 g/mol. The Morgan fingerprint density at radius 2 is 2.20 bits per heavy atom. The van der Waals surface area contributed by atoms with E-state index in [4.69, 9.17) is 13.9 Å². The van der Waals surface area contributed by atoms with Crippen LogP contribution in [0.1, 0.15) is 6.42 Å². The Morgan fingerprint density at radius 3 is 3.00 bits per heavy atom. The van der Waals surface area contributed by atoms with Gasteiger partial charge in [0.25, 0.3) is 5.22 Å². The Labute approximate surface area is 129 Å². The third-order valence-corrected chi connectivity index (χ3v) is 4.52. The van der Waals surface area contributed by atoms with Crippen LogP contribution in [0.3, 0.4) is 0 Å². The number of aromatic nitrogens is 2. The molecule has 1 aliphatic heterocycles. The molecule has 0 spiro atoms. The van der Waals surface area contributed by atoms with E-state index in [0.29, 0.717) is 17.9 Å². The van der Waals surface area contributed by atoms with Crippen molar-refractivity contribution in [2.75, 3.05) is 19.2 Å². The maximum absolute atomic E-state index is 5.67. The van der Waals surface area contributed by atoms with E-state index in [2.05, 4.69) is 26.1 Å². The van der Waals surface area contributed by atoms with Gasteiger partial charge in [-0.2, -0.15) is 0 Å². The Hall–Kier alpha value is -0.890. The van der Waals surface area contributed by atoms with Gasteiger partial charge in [0.2, 0.25) is 5.89 Å². The van der Waals surface area contributed by atoms with Gasteiger partial charge < -0.3 is 13.9 Å². The summed E-state index contributed by atoms with van der Waals surface area (Å²) >= 11 is 4.99. The lowest BCUT2D eigenvalue weighted by Crippen LogP contribution is -2.25. The van der Waals surface area contributed by atoms with Crippen molar-refractivity contribution >= 4 is 27.7 Å². The molecular weight excluding hydrogens is 344 g/mol. The zero-order valence-electron chi connectivity index (χ0n) is 10.6. The number of thioether (sulfide) groups is 1. The molecule has 0 saturated carbocycles. The minimum Gasteiger partial charge on any atom is -0.411 e. The second-order valence-corrected chi connectivity index (χ2v) is 6.09. The van der Waals surface area contributed by atoms with Crippen LogP contribution in [0, 0.1) is 0 Å². The second-order valence-electron chi connectivity index (χ2n) is 4.27. The number of halogens is 1. The molecule has 3 rings (SSSR count). The molecule has 106 valence electrons. The highest BCUT2D eigenvalue weighted by atomic mass is 79.9. The van der Waals surface area contributed by atoms with Gasteiger partial charge in [0, 0.05) is 10.2 Å². The van der Waals surface area contributed by atoms with E-state index in [-0.39, 0.29) is 6.10 Å². The third kappa shape index (κ3) is 3.41. The van der Waals surface area contributed by atoms with Crippen LogP contribution in [0.5, 0.6) is 0 Å². The molecule has 2 aromatic rings. The highest BCUT2D eigenvalue weighted by Gasteiger charge is 2.17. The number of hydrogen-bond donors (Lipinski definition) is 0. The van der Waals surface area contributed by atoms with E-state index in [1.807, 2.05) is 24.3 Å². The fourth-order valence-corrected chi connectivity index (χ4v) is 3.09. The molecule has 0 amide bonds. The predicted molar refractivity (Wildman–Crippen MR) is 78.5 cm³/mol. The molecule has 0 radical (unpaired) electrons. The van der Waals surface area contributed by atoms with Crippen LogP contribution in [0.2, 0.25) is 0 Å². The summed E-state index contributed by atoms with van der Waals surface area (Å²) in [6.45, 7) is 1.12. The second kappa shape index (κ2) is 6.71. The Bertz CT molecular complexity index is 572. The highest BCUT2D eigenvalue weighted by Crippen LogP contribution is 2.29. The normalized spacial score (nSPS) is 19.1. The SMILES string of the molecule is Brc1ccccc1-c1nnc(SC[C@@H]2CCOCO2)o1. The van der Waals surface area contributed by atoms with Gasteiger partial charge in [0.1, 0.15) is 6.79 Å². The smallest absolute Gasteiger partial charge is 0.276 e. The number of ether oxygens (including phenoxy) is 2. The molecule has 1 fully saturated rings. The zero-order valence-corrected chi connectivity index (χ0v) is 13.0. The van der Waals surface area contributed by atoms with Crippen molar-refractivity contribution in [3.63, 3.8) is 0 Å². The van der Waals surface area contributed by atoms with Crippen molar-refractivity contribution in [1.29, 1.82) is 0 Å². The van der Waals surface area contributed by atoms with E-state index in [0.717, 1.165) is 28.8 Å². The first kappa shape index (κ1) is 14.1. The number of rotatable bonds is 4. The average molecular weight is 357 g/mol. The average Bonchev–Trinajstić information content (AvgIpc) is 2.95. The van der Waals surface area contributed by atoms with Crippen LogP contribution < -0.4 is 0 Å². The Kier molecular flexibility index (Phi) is 4.72. The fraction of sp³-hybridized carbons (Fsp3) is 0.385. The molecule has 2 heterocycles. The summed E-state index contributed by atoms with van der Waals surface area (Å²) in [5.41, 5.74) is 0.897. The van der Waals surface area contributed by atoms with E-state index in [9.17, 15) is 0 Å². The first-order valence-electron chi connectivity index (χ1n) is 6.23. The first-order chi connectivity index (χ1) is 9.83. The van der Waals surface area contributed by atoms with Crippen LogP contribution in [0.15, 0.2) is 38.4 Å². The predicted octanol–water partition coefficient (Wildman–Crippen LogP) is 3.35. The quantitative estimate of drug-likeness (QED) is 0.783. The molecule has 1 aliphatic rings. The maximum atomic E-state index is 5.67. The minimum absolute atomic E-state index is 0.188. The van der Waals surface area contributed by atoms with Crippen molar-refractivity contribution in [3.8, 4) is 11.5 Å². The molecule has 20 heavy (non-hydrogen) atoms. The summed E-state index contributed by atoms with van der Waals surface area (Å²) in [6, 6.07) is 7.77. The molecule has 0 N–H and O–H groups in total. The van der Waals surface area contributed by atoms with Crippen LogP contribution in [0.25, 0.3) is 11.5 Å². The van der Waals surface area contributed by atoms with Crippen molar-refractivity contribution < 1.29 is 13.9 Å². The Morgan fingerprint density at radius 1 is 1.30 bits per heavy atom. The van der Waals surface area contributed by atoms with Crippen molar-refractivity contribution in [2.24, 2.45) is 0 Å². The van der Waals surface area contributed by atoms with Crippen molar-refractivity contribution in [2.45, 2.75) is 17.7 Å². The molecule has 0 bridgehead atoms. The molecule has 0 unspecified atom stereocenters. The summed E-state index contributed by atoms with van der Waals surface area (Å²) in [5, 5.41) is 8.70. The Balaban J connectivity index is 1.63. The molecule has 1 aromatic carbocycles. The van der Waals surface area contributed by atoms with E-state index >= 15 is 0 Å². The van der Waals surface area contributed by atoms with Gasteiger partial charge in [0.05, 0.1) is 18.3 Å². The summed E-state index contributed by atoms with van der Waals surface area (Å²) in [4.78, 5) is 0. The number of nitrogens with zero attached hydrogens (tertiary/aromatic N) is 2. The first-order valence-corrected chi connectivity index (χ1v) is 8.01. The van der Waals surface area contributed by atoms with E-state index in [1.165, 1.54) is 11.8 Å². The number of benzene rings is 1. The highest BCUT2D eigenvalue weighted by molar-refractivity contribution is 9.10. The maximum Gasteiger partial charge on any atom is 0.276 e. The summed E-state index contributed by atoms with van der Waals surface area (Å²) in [6.07, 6.45) is 1.09. The molecular formula is C13H13BrN2O3S. The van der Waals surface area contributed by atoms with Gasteiger partial charge in [-0.3, -0.25) is 0 Å². The third-order valence-electron chi connectivity index (χ3n) is 2.87. The fourth-order valence-electron chi connectivity index (χ4n) is 1.81. The van der Waals surface area contributed by atoms with E-state index < -0.39 is 0 Å². The summed E-state index contributed by atoms with van der Waals surface area (Å²) < 4.78 is 17.2. The summed E-state index contributed by atoms with van der Waals surface area (Å²) in [7, 11) is 0. The van der Waals surface area contributed by atoms with Gasteiger partial charge in [-0.25, -0.2) is 0 Å². The van der Waals surface area contributed by atoms with Gasteiger partial charge in [-0.15, -0.1) is 10.2 Å². The van der Waals surface area contributed by atoms with Gasteiger partial charge >= 0.3 is 0 Å². The van der Waals surface area contributed by atoms with Crippen molar-refractivity contribution in [1.82, 2.24) is 10.2 Å². The molecule has 7 heteroatoms. The standard InChI is InChI=1S/C13H13BrN2O3S/c14-11-4-2-1-3-10(11)12-15-16-13(19-12)20-7-9-5-6-17-8-18-9/h1-4,9H,5-8H2/t9-/m0/s1. The van der Waals surface area contributed by atoms with Crippen LogP contribution >= 0.6 is 27.7 Å². The molecule has 0 aliphatic carbocycles. The molecule has 1 aromatic heterocycles. The summed E-state index contributed by atoms with van der Waals surface area (Å²) in [5.74, 6) is 1.31. The van der Waals surface area contributed by atoms with Crippen LogP contribution in [-0.4, -0.2) is 35.5 Å². The lowest BCUT2D eigenvalue weighted by Gasteiger charge is -2.21. The van der Waals surface area contributed by atoms with Crippen LogP contribution in [-0.2, 0) is 9.47 Å². The van der Waals surface area contributed by atoms with Crippen molar-refractivity contribution in [3.05, 3.63) is 28.7 Å². The molecule has 1 atom stereocenters. The molecule has 5 nitrogen and oxygen atoms in total. The largest absolute Gasteiger partial charge is 0.411 e. The van der Waals surface area contributed by atoms with Gasteiger partial charge in [0.15, 0.2) is 0 Å². The zero-order chi connectivity index (χ0) is 13.8. The van der Waals surface area contributed by atoms with Crippen LogP contribution in [0.4, 0.5) is 0 Å². The lowest BCUT2D eigenvalue weighted by atomic mass is 10.2. The number of hydrogen-bond acceptors (Lipinski definition) is 6. The van der Waals surface area contributed by atoms with Gasteiger partial charge in [-0.1, -0.05) is 23.9 Å². The topological polar surface area (TPSA) is 57.4 Å². The van der Waals surface area contributed by atoms with Gasteiger partial charge in [-0.05, 0) is 34.5 Å². The van der Waals surface area contributed by atoms with E-state index in [1.54, 1.807) is 0 Å². The lowest BCUT2D eigenvalue weighted by molar-refractivity contribution is -0.130. The minimum atomic E-state index is 0.188. The molecule has 1 saturated heterocycles.